The molecule has 2 rings (SSSR count). The van der Waals surface area contributed by atoms with Crippen LogP contribution in [-0.4, -0.2) is 20.1 Å². The van der Waals surface area contributed by atoms with Crippen LogP contribution in [-0.2, 0) is 10.0 Å². The third-order valence-electron chi connectivity index (χ3n) is 2.97. The highest BCUT2D eigenvalue weighted by Gasteiger charge is 2.17. The summed E-state index contributed by atoms with van der Waals surface area (Å²) in [6.45, 7) is 1.34. The molecule has 0 atom stereocenters. The zero-order valence-corrected chi connectivity index (χ0v) is 14.4. The Labute approximate surface area is 142 Å². The van der Waals surface area contributed by atoms with Crippen molar-refractivity contribution in [3.05, 3.63) is 64.1 Å². The van der Waals surface area contributed by atoms with E-state index in [1.807, 2.05) is 4.83 Å². The smallest absolute Gasteiger partial charge is 0.267 e. The van der Waals surface area contributed by atoms with Gasteiger partial charge < -0.3 is 0 Å². The van der Waals surface area contributed by atoms with Gasteiger partial charge in [-0.2, -0.15) is 0 Å². The van der Waals surface area contributed by atoms with Crippen molar-refractivity contribution in [3.8, 4) is 0 Å². The molecule has 0 aliphatic rings. The summed E-state index contributed by atoms with van der Waals surface area (Å²) in [7, 11) is -3.98. The molecule has 0 heterocycles. The highest BCUT2D eigenvalue weighted by atomic mass is 79.9. The van der Waals surface area contributed by atoms with Gasteiger partial charge >= 0.3 is 0 Å². The fourth-order valence-electron chi connectivity index (χ4n) is 1.77. The Hall–Kier alpha value is -2.03. The molecule has 2 aromatic carbocycles. The van der Waals surface area contributed by atoms with Crippen molar-refractivity contribution in [2.75, 3.05) is 0 Å². The number of hydrogen-bond donors (Lipinski definition) is 2. The van der Waals surface area contributed by atoms with Gasteiger partial charge in [0.1, 0.15) is 0 Å². The van der Waals surface area contributed by atoms with Gasteiger partial charge in [0.05, 0.1) is 10.5 Å². The number of hydrazine groups is 1. The Morgan fingerprint density at radius 1 is 1.04 bits per heavy atom. The van der Waals surface area contributed by atoms with E-state index in [4.69, 9.17) is 0 Å². The monoisotopic (exact) mass is 396 g/mol. The van der Waals surface area contributed by atoms with Crippen molar-refractivity contribution in [2.45, 2.75) is 11.8 Å². The zero-order chi connectivity index (χ0) is 17.0. The fourth-order valence-corrected chi connectivity index (χ4v) is 3.12. The molecule has 0 spiro atoms. The second kappa shape index (κ2) is 7.03. The maximum absolute atomic E-state index is 12.2. The lowest BCUT2D eigenvalue weighted by atomic mass is 10.2. The van der Waals surface area contributed by atoms with Crippen molar-refractivity contribution in [1.29, 1.82) is 0 Å². The van der Waals surface area contributed by atoms with Gasteiger partial charge in [0.15, 0.2) is 5.78 Å². The fraction of sp³-hybridized carbons (Fsp3) is 0.0667. The molecular weight excluding hydrogens is 384 g/mol. The van der Waals surface area contributed by atoms with E-state index in [9.17, 15) is 18.0 Å². The van der Waals surface area contributed by atoms with Crippen LogP contribution in [0.1, 0.15) is 27.6 Å². The lowest BCUT2D eigenvalue weighted by molar-refractivity contribution is 0.0943. The van der Waals surface area contributed by atoms with E-state index < -0.39 is 15.9 Å². The summed E-state index contributed by atoms with van der Waals surface area (Å²) in [6, 6.07) is 12.2. The van der Waals surface area contributed by atoms with Gasteiger partial charge in [-0.25, -0.2) is 8.42 Å². The van der Waals surface area contributed by atoms with Gasteiger partial charge in [-0.3, -0.25) is 15.0 Å². The van der Waals surface area contributed by atoms with Crippen LogP contribution < -0.4 is 10.3 Å². The number of benzene rings is 2. The molecule has 6 nitrogen and oxygen atoms in total. The van der Waals surface area contributed by atoms with Crippen LogP contribution in [0.5, 0.6) is 0 Å². The minimum Gasteiger partial charge on any atom is -0.295 e. The van der Waals surface area contributed by atoms with Crippen LogP contribution in [0.2, 0.25) is 0 Å². The average Bonchev–Trinajstić information content (AvgIpc) is 2.53. The zero-order valence-electron chi connectivity index (χ0n) is 12.0. The standard InChI is InChI=1S/C15H13BrN2O4S/c1-10(19)11-5-4-6-12(9-11)23(21,22)18-17-15(20)13-7-2-3-8-14(13)16/h2-9,18H,1H3,(H,17,20). The topological polar surface area (TPSA) is 92.3 Å². The Bertz CT molecular complexity index is 865. The third-order valence-corrected chi connectivity index (χ3v) is 4.91. The van der Waals surface area contributed by atoms with Gasteiger partial charge in [-0.05, 0) is 47.1 Å². The van der Waals surface area contributed by atoms with Crippen molar-refractivity contribution < 1.29 is 18.0 Å². The van der Waals surface area contributed by atoms with E-state index in [0.29, 0.717) is 4.47 Å². The lowest BCUT2D eigenvalue weighted by Crippen LogP contribution is -2.41. The van der Waals surface area contributed by atoms with E-state index in [1.54, 1.807) is 24.3 Å². The van der Waals surface area contributed by atoms with Crippen LogP contribution in [0.4, 0.5) is 0 Å². The van der Waals surface area contributed by atoms with Crippen molar-refractivity contribution >= 4 is 37.6 Å². The van der Waals surface area contributed by atoms with E-state index >= 15 is 0 Å². The number of carbonyl (C=O) groups is 2. The molecule has 0 aliphatic heterocycles. The average molecular weight is 397 g/mol. The van der Waals surface area contributed by atoms with Crippen LogP contribution in [0.25, 0.3) is 0 Å². The number of Topliss-reactive ketones (excluding diaryl/α,β-unsaturated/α-hetero) is 1. The first kappa shape index (κ1) is 17.3. The van der Waals surface area contributed by atoms with E-state index in [2.05, 4.69) is 21.4 Å². The maximum Gasteiger partial charge on any atom is 0.267 e. The molecule has 0 fully saturated rings. The molecule has 0 saturated carbocycles. The van der Waals surface area contributed by atoms with Crippen LogP contribution in [0.3, 0.4) is 0 Å². The number of halogens is 1. The van der Waals surface area contributed by atoms with Gasteiger partial charge in [0, 0.05) is 10.0 Å². The van der Waals surface area contributed by atoms with Crippen LogP contribution in [0, 0.1) is 0 Å². The maximum atomic E-state index is 12.2. The van der Waals surface area contributed by atoms with Gasteiger partial charge in [-0.1, -0.05) is 24.3 Å². The van der Waals surface area contributed by atoms with E-state index in [1.165, 1.54) is 31.2 Å². The first-order valence-corrected chi connectivity index (χ1v) is 8.76. The molecule has 23 heavy (non-hydrogen) atoms. The van der Waals surface area contributed by atoms with Gasteiger partial charge in [-0.15, -0.1) is 4.83 Å². The van der Waals surface area contributed by atoms with Crippen molar-refractivity contribution in [3.63, 3.8) is 0 Å². The summed E-state index contributed by atoms with van der Waals surface area (Å²) in [5, 5.41) is 0. The highest BCUT2D eigenvalue weighted by molar-refractivity contribution is 9.10. The van der Waals surface area contributed by atoms with Crippen LogP contribution >= 0.6 is 15.9 Å². The number of carbonyl (C=O) groups excluding carboxylic acids is 2. The molecule has 1 amide bonds. The molecule has 0 aliphatic carbocycles. The lowest BCUT2D eigenvalue weighted by Gasteiger charge is -2.10. The Kier molecular flexibility index (Phi) is 5.30. The number of ketones is 1. The quantitative estimate of drug-likeness (QED) is 0.598. The molecule has 2 N–H and O–H groups in total. The third kappa shape index (κ3) is 4.25. The minimum atomic E-state index is -3.98. The first-order chi connectivity index (χ1) is 10.8. The van der Waals surface area contributed by atoms with Gasteiger partial charge in [0.25, 0.3) is 15.9 Å². The normalized spacial score (nSPS) is 11.0. The second-order valence-corrected chi connectivity index (χ2v) is 7.16. The van der Waals surface area contributed by atoms with Crippen LogP contribution in [0.15, 0.2) is 57.9 Å². The molecular formula is C15H13BrN2O4S. The molecule has 0 unspecified atom stereocenters. The molecule has 0 radical (unpaired) electrons. The number of nitrogens with one attached hydrogen (secondary N) is 2. The summed E-state index contributed by atoms with van der Waals surface area (Å²) < 4.78 is 24.9. The van der Waals surface area contributed by atoms with Crippen molar-refractivity contribution in [2.24, 2.45) is 0 Å². The van der Waals surface area contributed by atoms with Crippen molar-refractivity contribution in [1.82, 2.24) is 10.3 Å². The molecule has 120 valence electrons. The first-order valence-electron chi connectivity index (χ1n) is 6.49. The van der Waals surface area contributed by atoms with E-state index in [-0.39, 0.29) is 21.8 Å². The summed E-state index contributed by atoms with van der Waals surface area (Å²) in [4.78, 5) is 25.2. The Balaban J connectivity index is 2.16. The molecule has 8 heteroatoms. The molecule has 0 aromatic heterocycles. The predicted molar refractivity (Wildman–Crippen MR) is 88.4 cm³/mol. The molecule has 0 bridgehead atoms. The second-order valence-electron chi connectivity index (χ2n) is 4.62. The van der Waals surface area contributed by atoms with Gasteiger partial charge in [0.2, 0.25) is 0 Å². The van der Waals surface area contributed by atoms with E-state index in [0.717, 1.165) is 0 Å². The number of hydrogen-bond acceptors (Lipinski definition) is 4. The predicted octanol–water partition coefficient (Wildman–Crippen LogP) is 2.28. The summed E-state index contributed by atoms with van der Waals surface area (Å²) >= 11 is 3.21. The largest absolute Gasteiger partial charge is 0.295 e. The molecule has 0 saturated heterocycles. The number of rotatable bonds is 5. The summed E-state index contributed by atoms with van der Waals surface area (Å²) in [5.74, 6) is -0.858. The Morgan fingerprint density at radius 3 is 2.39 bits per heavy atom. The minimum absolute atomic E-state index is 0.113. The SMILES string of the molecule is CC(=O)c1cccc(S(=O)(=O)NNC(=O)c2ccccc2Br)c1. The number of amides is 1. The molecule has 2 aromatic rings. The number of sulfonamides is 1. The summed E-state index contributed by atoms with van der Waals surface area (Å²) in [5.41, 5.74) is 2.69. The highest BCUT2D eigenvalue weighted by Crippen LogP contribution is 2.15. The Morgan fingerprint density at radius 2 is 1.74 bits per heavy atom. The summed E-state index contributed by atoms with van der Waals surface area (Å²) in [6.07, 6.45) is 0.